The molecule has 0 N–H and O–H groups in total. The van der Waals surface area contributed by atoms with Crippen LogP contribution in [0, 0.1) is 11.3 Å². The van der Waals surface area contributed by atoms with Crippen LogP contribution in [0.15, 0.2) is 24.3 Å². The van der Waals surface area contributed by atoms with E-state index < -0.39 is 0 Å². The van der Waals surface area contributed by atoms with Crippen molar-refractivity contribution in [3.05, 3.63) is 35.4 Å². The molecule has 0 heterocycles. The molecule has 1 heteroatoms. The molecule has 1 aromatic rings. The molecule has 0 atom stereocenters. The zero-order chi connectivity index (χ0) is 8.60. The molecule has 1 aliphatic rings. The monoisotopic (exact) mass is 157 g/mol. The highest BCUT2D eigenvalue weighted by atomic mass is 14.4. The molecule has 0 saturated heterocycles. The predicted octanol–water partition coefficient (Wildman–Crippen LogP) is 2.61. The van der Waals surface area contributed by atoms with Crippen molar-refractivity contribution in [1.82, 2.24) is 0 Å². The van der Waals surface area contributed by atoms with Gasteiger partial charge in [0.05, 0.1) is 11.6 Å². The Labute approximate surface area is 72.6 Å². The Hall–Kier alpha value is -1.29. The van der Waals surface area contributed by atoms with E-state index in [-0.39, 0.29) is 0 Å². The Morgan fingerprint density at radius 3 is 2.58 bits per heavy atom. The van der Waals surface area contributed by atoms with Gasteiger partial charge in [-0.2, -0.15) is 5.26 Å². The first-order chi connectivity index (χ1) is 5.76. The summed E-state index contributed by atoms with van der Waals surface area (Å²) in [6.07, 6.45) is 2.46. The maximum absolute atomic E-state index is 8.86. The van der Waals surface area contributed by atoms with E-state index in [1.54, 1.807) is 0 Å². The van der Waals surface area contributed by atoms with Gasteiger partial charge in [-0.1, -0.05) is 25.1 Å². The van der Waals surface area contributed by atoms with Gasteiger partial charge >= 0.3 is 0 Å². The number of nitrogens with zero attached hydrogens (tertiary/aromatic N) is 1. The third-order valence-corrected chi connectivity index (χ3v) is 2.70. The minimum atomic E-state index is 0.312. The highest BCUT2D eigenvalue weighted by Crippen LogP contribution is 2.48. The standard InChI is InChI=1S/C11H11N/c1-11(6-7-11)10-5-3-2-4-9(10)8-12/h2-5H,6-7H2,1H3. The van der Waals surface area contributed by atoms with Crippen molar-refractivity contribution >= 4 is 0 Å². The minimum absolute atomic E-state index is 0.312. The van der Waals surface area contributed by atoms with E-state index in [2.05, 4.69) is 19.1 Å². The summed E-state index contributed by atoms with van der Waals surface area (Å²) in [5, 5.41) is 8.86. The number of rotatable bonds is 1. The fourth-order valence-electron chi connectivity index (χ4n) is 1.56. The van der Waals surface area contributed by atoms with E-state index in [0.717, 1.165) is 5.56 Å². The van der Waals surface area contributed by atoms with Crippen LogP contribution in [-0.4, -0.2) is 0 Å². The SMILES string of the molecule is CC1(c2ccccc2C#N)CC1. The van der Waals surface area contributed by atoms with Gasteiger partial charge in [0, 0.05) is 0 Å². The predicted molar refractivity (Wildman–Crippen MR) is 47.7 cm³/mol. The van der Waals surface area contributed by atoms with Crippen LogP contribution >= 0.6 is 0 Å². The largest absolute Gasteiger partial charge is 0.192 e. The molecule has 0 bridgehead atoms. The second kappa shape index (κ2) is 2.35. The molecule has 1 nitrogen and oxygen atoms in total. The molecule has 1 saturated carbocycles. The van der Waals surface area contributed by atoms with Crippen molar-refractivity contribution in [3.8, 4) is 6.07 Å². The third-order valence-electron chi connectivity index (χ3n) is 2.70. The van der Waals surface area contributed by atoms with Gasteiger partial charge in [-0.3, -0.25) is 0 Å². The smallest absolute Gasteiger partial charge is 0.0994 e. The summed E-state index contributed by atoms with van der Waals surface area (Å²) in [6.45, 7) is 2.23. The molecule has 0 amide bonds. The molecule has 0 aliphatic heterocycles. The maximum Gasteiger partial charge on any atom is 0.0994 e. The summed E-state index contributed by atoms with van der Waals surface area (Å²) in [5.74, 6) is 0. The zero-order valence-electron chi connectivity index (χ0n) is 7.17. The zero-order valence-corrected chi connectivity index (χ0v) is 7.17. The number of nitriles is 1. The van der Waals surface area contributed by atoms with E-state index >= 15 is 0 Å². The van der Waals surface area contributed by atoms with Gasteiger partial charge in [0.15, 0.2) is 0 Å². The maximum atomic E-state index is 8.86. The van der Waals surface area contributed by atoms with Gasteiger partial charge in [-0.05, 0) is 29.9 Å². The molecule has 2 rings (SSSR count). The number of benzene rings is 1. The Balaban J connectivity index is 2.50. The van der Waals surface area contributed by atoms with E-state index in [9.17, 15) is 0 Å². The molecule has 1 aromatic carbocycles. The third kappa shape index (κ3) is 1.00. The summed E-state index contributed by atoms with van der Waals surface area (Å²) in [6, 6.07) is 10.2. The quantitative estimate of drug-likeness (QED) is 0.614. The van der Waals surface area contributed by atoms with Crippen LogP contribution < -0.4 is 0 Å². The summed E-state index contributed by atoms with van der Waals surface area (Å²) < 4.78 is 0. The molecule has 60 valence electrons. The second-order valence-corrected chi connectivity index (χ2v) is 3.72. The summed E-state index contributed by atoms with van der Waals surface area (Å²) >= 11 is 0. The first-order valence-electron chi connectivity index (χ1n) is 4.26. The Kier molecular flexibility index (Phi) is 1.44. The number of hydrogen-bond donors (Lipinski definition) is 0. The highest BCUT2D eigenvalue weighted by Gasteiger charge is 2.40. The van der Waals surface area contributed by atoms with Crippen molar-refractivity contribution in [1.29, 1.82) is 5.26 Å². The summed E-state index contributed by atoms with van der Waals surface area (Å²) in [7, 11) is 0. The van der Waals surface area contributed by atoms with E-state index in [4.69, 9.17) is 5.26 Å². The van der Waals surface area contributed by atoms with E-state index in [1.165, 1.54) is 18.4 Å². The van der Waals surface area contributed by atoms with Crippen molar-refractivity contribution in [2.24, 2.45) is 0 Å². The molecule has 0 spiro atoms. The molecule has 1 aliphatic carbocycles. The Morgan fingerprint density at radius 1 is 1.33 bits per heavy atom. The first-order valence-corrected chi connectivity index (χ1v) is 4.26. The summed E-state index contributed by atoms with van der Waals surface area (Å²) in [5.41, 5.74) is 2.39. The summed E-state index contributed by atoms with van der Waals surface area (Å²) in [4.78, 5) is 0. The fourth-order valence-corrected chi connectivity index (χ4v) is 1.56. The highest BCUT2D eigenvalue weighted by molar-refractivity contribution is 5.44. The molecular formula is C11H11N. The molecule has 0 aromatic heterocycles. The van der Waals surface area contributed by atoms with Crippen LogP contribution in [0.25, 0.3) is 0 Å². The molecule has 0 unspecified atom stereocenters. The average molecular weight is 157 g/mol. The van der Waals surface area contributed by atoms with Gasteiger partial charge in [-0.15, -0.1) is 0 Å². The minimum Gasteiger partial charge on any atom is -0.192 e. The van der Waals surface area contributed by atoms with Crippen LogP contribution in [0.2, 0.25) is 0 Å². The molecular weight excluding hydrogens is 146 g/mol. The lowest BCUT2D eigenvalue weighted by Gasteiger charge is -2.09. The average Bonchev–Trinajstić information content (AvgIpc) is 2.85. The molecule has 0 radical (unpaired) electrons. The van der Waals surface area contributed by atoms with Crippen molar-refractivity contribution in [2.45, 2.75) is 25.2 Å². The normalized spacial score (nSPS) is 18.3. The fraction of sp³-hybridized carbons (Fsp3) is 0.364. The van der Waals surface area contributed by atoms with Crippen molar-refractivity contribution < 1.29 is 0 Å². The molecule has 12 heavy (non-hydrogen) atoms. The lowest BCUT2D eigenvalue weighted by atomic mass is 9.94. The van der Waals surface area contributed by atoms with Crippen molar-refractivity contribution in [2.75, 3.05) is 0 Å². The lowest BCUT2D eigenvalue weighted by molar-refractivity contribution is 0.784. The van der Waals surface area contributed by atoms with Crippen LogP contribution in [0.4, 0.5) is 0 Å². The van der Waals surface area contributed by atoms with Crippen molar-refractivity contribution in [3.63, 3.8) is 0 Å². The van der Waals surface area contributed by atoms with Crippen LogP contribution in [0.5, 0.6) is 0 Å². The van der Waals surface area contributed by atoms with Gasteiger partial charge in [0.1, 0.15) is 0 Å². The van der Waals surface area contributed by atoms with E-state index in [0.29, 0.717) is 5.41 Å². The van der Waals surface area contributed by atoms with Crippen LogP contribution in [0.1, 0.15) is 30.9 Å². The number of hydrogen-bond acceptors (Lipinski definition) is 1. The van der Waals surface area contributed by atoms with Gasteiger partial charge in [-0.25, -0.2) is 0 Å². The van der Waals surface area contributed by atoms with Gasteiger partial charge in [0.25, 0.3) is 0 Å². The molecule has 1 fully saturated rings. The van der Waals surface area contributed by atoms with Crippen LogP contribution in [0.3, 0.4) is 0 Å². The Morgan fingerprint density at radius 2 is 2.00 bits per heavy atom. The van der Waals surface area contributed by atoms with Gasteiger partial charge < -0.3 is 0 Å². The topological polar surface area (TPSA) is 23.8 Å². The Bertz CT molecular complexity index is 342. The van der Waals surface area contributed by atoms with Gasteiger partial charge in [0.2, 0.25) is 0 Å². The van der Waals surface area contributed by atoms with Crippen LogP contribution in [-0.2, 0) is 5.41 Å². The van der Waals surface area contributed by atoms with E-state index in [1.807, 2.05) is 18.2 Å². The first kappa shape index (κ1) is 7.36. The second-order valence-electron chi connectivity index (χ2n) is 3.72. The lowest BCUT2D eigenvalue weighted by Crippen LogP contribution is -2.02.